The highest BCUT2D eigenvalue weighted by Gasteiger charge is 2.30. The first kappa shape index (κ1) is 77.5. The van der Waals surface area contributed by atoms with Crippen LogP contribution in [0.2, 0.25) is 0 Å². The van der Waals surface area contributed by atoms with Gasteiger partial charge in [-0.1, -0.05) is 267 Å². The molecule has 0 rings (SSSR count). The van der Waals surface area contributed by atoms with Crippen molar-refractivity contribution in [3.63, 3.8) is 0 Å². The third kappa shape index (κ3) is 60.1. The van der Waals surface area contributed by atoms with Gasteiger partial charge in [-0.3, -0.25) is 18.6 Å². The van der Waals surface area contributed by atoms with Gasteiger partial charge in [0.1, 0.15) is 19.3 Å². The number of esters is 1. The number of rotatable bonds is 61. The van der Waals surface area contributed by atoms with Gasteiger partial charge < -0.3 is 19.4 Å². The topological polar surface area (TPSA) is 111 Å². The number of ether oxygens (including phenoxy) is 1. The molecule has 0 saturated carbocycles. The van der Waals surface area contributed by atoms with Gasteiger partial charge in [-0.25, -0.2) is 4.57 Å². The summed E-state index contributed by atoms with van der Waals surface area (Å²) < 4.78 is 30.8. The Morgan fingerprint density at radius 1 is 0.438 bits per heavy atom. The summed E-state index contributed by atoms with van der Waals surface area (Å²) in [5.41, 5.74) is 0. The number of carbonyl (C=O) groups excluding carboxylic acids is 2. The summed E-state index contributed by atoms with van der Waals surface area (Å²) in [6.45, 7) is 7.00. The maximum Gasteiger partial charge on any atom is 0.472 e. The first-order chi connectivity index (χ1) is 38.9. The van der Waals surface area contributed by atoms with Crippen LogP contribution in [-0.2, 0) is 27.9 Å². The zero-order valence-corrected chi connectivity index (χ0v) is 54.2. The fraction of sp³-hybridized carbons (Fsp3) is 0.800. The van der Waals surface area contributed by atoms with E-state index >= 15 is 0 Å². The van der Waals surface area contributed by atoms with Crippen molar-refractivity contribution in [1.82, 2.24) is 5.32 Å². The molecule has 10 heteroatoms. The quantitative estimate of drug-likeness (QED) is 0.0205. The maximum atomic E-state index is 13.6. The molecule has 0 aliphatic carbocycles. The number of likely N-dealkylation sites (N-methyl/N-ethyl adjacent to an activating group) is 1. The number of hydrogen-bond acceptors (Lipinski definition) is 6. The van der Waals surface area contributed by atoms with Crippen molar-refractivity contribution < 1.29 is 37.3 Å². The predicted molar refractivity (Wildman–Crippen MR) is 346 cm³/mol. The lowest BCUT2D eigenvalue weighted by atomic mass is 10.0. The molecule has 0 spiro atoms. The summed E-state index contributed by atoms with van der Waals surface area (Å²) in [5.74, 6) is -0.515. The molecule has 0 heterocycles. The number of nitrogens with zero attached hydrogens (tertiary/aromatic N) is 1. The Morgan fingerprint density at radius 3 is 1.18 bits per heavy atom. The van der Waals surface area contributed by atoms with E-state index in [4.69, 9.17) is 13.8 Å². The Labute approximate surface area is 495 Å². The van der Waals surface area contributed by atoms with Crippen molar-refractivity contribution in [2.45, 2.75) is 322 Å². The Morgan fingerprint density at radius 2 is 0.762 bits per heavy atom. The Kier molecular flexibility index (Phi) is 57.7. The minimum Gasteiger partial charge on any atom is -0.456 e. The number of allylic oxidation sites excluding steroid dienone is 11. The van der Waals surface area contributed by atoms with Gasteiger partial charge in [-0.05, 0) is 102 Å². The second kappa shape index (κ2) is 59.6. The zero-order chi connectivity index (χ0) is 58.6. The molecule has 0 radical (unpaired) electrons. The van der Waals surface area contributed by atoms with Crippen LogP contribution in [-0.4, -0.2) is 74.3 Å². The molecule has 0 aliphatic heterocycles. The maximum absolute atomic E-state index is 13.6. The molecule has 0 aromatic rings. The third-order valence-corrected chi connectivity index (χ3v) is 15.9. The molecule has 0 saturated heterocycles. The highest BCUT2D eigenvalue weighted by molar-refractivity contribution is 7.47. The average Bonchev–Trinajstić information content (AvgIpc) is 3.42. The lowest BCUT2D eigenvalue weighted by Crippen LogP contribution is -2.47. The fourth-order valence-electron chi connectivity index (χ4n) is 9.63. The number of phosphoric acid groups is 1. The monoisotopic (exact) mass is 1140 g/mol. The first-order valence-corrected chi connectivity index (χ1v) is 35.3. The first-order valence-electron chi connectivity index (χ1n) is 33.8. The molecule has 466 valence electrons. The molecular formula is C70H130N2O7P+. The van der Waals surface area contributed by atoms with Crippen LogP contribution < -0.4 is 5.32 Å². The molecule has 0 bridgehead atoms. The Balaban J connectivity index is 5.17. The average molecular weight is 1140 g/mol. The normalized spacial score (nSPS) is 14.0. The number of quaternary nitrogens is 1. The summed E-state index contributed by atoms with van der Waals surface area (Å²) in [6, 6.07) is -0.858. The van der Waals surface area contributed by atoms with Crippen molar-refractivity contribution in [2.75, 3.05) is 40.9 Å². The van der Waals surface area contributed by atoms with Crippen molar-refractivity contribution in [1.29, 1.82) is 0 Å². The van der Waals surface area contributed by atoms with Gasteiger partial charge in [0.2, 0.25) is 5.91 Å². The van der Waals surface area contributed by atoms with E-state index in [1.807, 2.05) is 33.3 Å². The van der Waals surface area contributed by atoms with Gasteiger partial charge in [0.15, 0.2) is 0 Å². The van der Waals surface area contributed by atoms with Gasteiger partial charge in [0.25, 0.3) is 0 Å². The van der Waals surface area contributed by atoms with Crippen molar-refractivity contribution >= 4 is 19.7 Å². The van der Waals surface area contributed by atoms with E-state index in [2.05, 4.69) is 86.8 Å². The summed E-state index contributed by atoms with van der Waals surface area (Å²) in [4.78, 5) is 37.8. The molecular weight excluding hydrogens is 1010 g/mol. The van der Waals surface area contributed by atoms with Gasteiger partial charge in [-0.15, -0.1) is 0 Å². The van der Waals surface area contributed by atoms with Gasteiger partial charge in [0, 0.05) is 12.8 Å². The molecule has 2 N–H and O–H groups in total. The number of nitrogens with one attached hydrogen (secondary N) is 1. The van der Waals surface area contributed by atoms with Crippen LogP contribution in [0.1, 0.15) is 310 Å². The molecule has 0 aromatic heterocycles. The minimum atomic E-state index is -4.46. The summed E-state index contributed by atoms with van der Waals surface area (Å²) in [6.07, 6.45) is 77.5. The number of hydrogen-bond donors (Lipinski definition) is 2. The van der Waals surface area contributed by atoms with E-state index in [1.165, 1.54) is 167 Å². The summed E-state index contributed by atoms with van der Waals surface area (Å²) >= 11 is 0. The van der Waals surface area contributed by atoms with Gasteiger partial charge >= 0.3 is 13.8 Å². The SMILES string of the molecule is CCCCC/C=C\C/C=C\C/C=C\C/C=C\CCCCCCCCCCCC(=O)OC(/C=C\CCCCCCCCCCCCC)C(COP(=O)(O)OCC[N+](C)(C)C)NC(=O)CCCCCCC/C=C/CCCCCCCCC. The molecule has 0 aliphatic rings. The smallest absolute Gasteiger partial charge is 0.456 e. The van der Waals surface area contributed by atoms with Crippen LogP contribution in [0.5, 0.6) is 0 Å². The zero-order valence-electron chi connectivity index (χ0n) is 53.3. The predicted octanol–water partition coefficient (Wildman–Crippen LogP) is 21.2. The highest BCUT2D eigenvalue weighted by Crippen LogP contribution is 2.43. The van der Waals surface area contributed by atoms with Gasteiger partial charge in [-0.2, -0.15) is 0 Å². The van der Waals surface area contributed by atoms with Crippen molar-refractivity contribution in [3.05, 3.63) is 72.9 Å². The Bertz CT molecular complexity index is 1600. The molecule has 9 nitrogen and oxygen atoms in total. The number of amides is 1. The summed E-state index contributed by atoms with van der Waals surface area (Å²) in [7, 11) is 1.49. The van der Waals surface area contributed by atoms with E-state index in [1.54, 1.807) is 0 Å². The molecule has 80 heavy (non-hydrogen) atoms. The summed E-state index contributed by atoms with van der Waals surface area (Å²) in [5, 5.41) is 3.06. The van der Waals surface area contributed by atoms with E-state index in [0.717, 1.165) is 109 Å². The van der Waals surface area contributed by atoms with E-state index in [0.29, 0.717) is 17.4 Å². The van der Waals surface area contributed by atoms with Crippen molar-refractivity contribution in [2.24, 2.45) is 0 Å². The standard InChI is InChI=1S/C70H129N2O7P/c1-7-10-13-16-19-22-25-28-30-32-33-34-35-36-37-38-39-40-42-45-48-51-54-57-60-63-70(74)79-68(61-58-55-52-49-46-43-27-24-21-18-15-12-9-3)67(66-78-80(75,76)77-65-64-72(4,5)6)71-69(73)62-59-56-53-50-47-44-41-31-29-26-23-20-17-14-11-8-2/h19,22,28,30-31,33-34,36-37,41,58,61,67-68H,7-18,20-21,23-27,29,32,35,38-40,42-57,59-60,62-66H2,1-6H3,(H-,71,73,75,76)/p+1/b22-19-,30-28-,34-33-,37-36-,41-31+,61-58-. The second-order valence-corrected chi connectivity index (χ2v) is 25.4. The molecule has 3 atom stereocenters. The lowest BCUT2D eigenvalue weighted by molar-refractivity contribution is -0.870. The van der Waals surface area contributed by atoms with E-state index < -0.39 is 20.0 Å². The largest absolute Gasteiger partial charge is 0.472 e. The highest BCUT2D eigenvalue weighted by atomic mass is 31.2. The van der Waals surface area contributed by atoms with E-state index in [-0.39, 0.29) is 31.5 Å². The van der Waals surface area contributed by atoms with Crippen LogP contribution in [0.25, 0.3) is 0 Å². The third-order valence-electron chi connectivity index (χ3n) is 14.9. The van der Waals surface area contributed by atoms with Crippen LogP contribution in [0.3, 0.4) is 0 Å². The second-order valence-electron chi connectivity index (χ2n) is 24.0. The van der Waals surface area contributed by atoms with Crippen molar-refractivity contribution in [3.8, 4) is 0 Å². The number of phosphoric ester groups is 1. The van der Waals surface area contributed by atoms with E-state index in [9.17, 15) is 19.0 Å². The minimum absolute atomic E-state index is 0.0362. The fourth-order valence-corrected chi connectivity index (χ4v) is 10.4. The number of carbonyl (C=O) groups is 2. The number of unbranched alkanes of at least 4 members (excludes halogenated alkanes) is 35. The van der Waals surface area contributed by atoms with Crippen LogP contribution in [0.4, 0.5) is 0 Å². The van der Waals surface area contributed by atoms with Crippen LogP contribution >= 0.6 is 7.82 Å². The lowest BCUT2D eigenvalue weighted by Gasteiger charge is -2.27. The molecule has 3 unspecified atom stereocenters. The Hall–Kier alpha value is -2.55. The molecule has 0 aromatic carbocycles. The molecule has 0 fully saturated rings. The van der Waals surface area contributed by atoms with Crippen LogP contribution in [0.15, 0.2) is 72.9 Å². The van der Waals surface area contributed by atoms with Gasteiger partial charge in [0.05, 0.1) is 33.8 Å². The van der Waals surface area contributed by atoms with Crippen LogP contribution in [0, 0.1) is 0 Å². The molecule has 1 amide bonds.